The Labute approximate surface area is 132 Å². The first kappa shape index (κ1) is 16.0. The quantitative estimate of drug-likeness (QED) is 0.814. The molecule has 0 bridgehead atoms. The van der Waals surface area contributed by atoms with Gasteiger partial charge in [-0.1, -0.05) is 50.3 Å². The summed E-state index contributed by atoms with van der Waals surface area (Å²) in [5.41, 5.74) is 2.43. The van der Waals surface area contributed by atoms with Gasteiger partial charge in [0, 0.05) is 24.2 Å². The Morgan fingerprint density at radius 2 is 1.95 bits per heavy atom. The molecule has 0 radical (unpaired) electrons. The van der Waals surface area contributed by atoms with Gasteiger partial charge in [-0.2, -0.15) is 0 Å². The van der Waals surface area contributed by atoms with Crippen LogP contribution >= 0.6 is 11.3 Å². The van der Waals surface area contributed by atoms with Gasteiger partial charge in [0.25, 0.3) is 0 Å². The molecule has 1 N–H and O–H groups in total. The van der Waals surface area contributed by atoms with E-state index < -0.39 is 0 Å². The van der Waals surface area contributed by atoms with E-state index in [4.69, 9.17) is 4.98 Å². The Morgan fingerprint density at radius 1 is 1.24 bits per heavy atom. The van der Waals surface area contributed by atoms with Crippen LogP contribution in [0.25, 0.3) is 0 Å². The van der Waals surface area contributed by atoms with Crippen molar-refractivity contribution in [2.75, 3.05) is 18.5 Å². The number of anilines is 2. The molecule has 0 aliphatic carbocycles. The molecule has 114 valence electrons. The summed E-state index contributed by atoms with van der Waals surface area (Å²) in [5, 5.41) is 4.50. The van der Waals surface area contributed by atoms with Crippen LogP contribution in [0.1, 0.15) is 43.7 Å². The molecule has 1 aromatic heterocycles. The smallest absolute Gasteiger partial charge is 0.190 e. The number of hydrogen-bond donors (Lipinski definition) is 1. The normalized spacial score (nSPS) is 12.4. The minimum Gasteiger partial charge on any atom is -0.321 e. The first-order chi connectivity index (χ1) is 10.2. The third-order valence-corrected chi connectivity index (χ3v) is 4.91. The van der Waals surface area contributed by atoms with Crippen molar-refractivity contribution in [1.82, 2.24) is 10.3 Å². The molecule has 1 heterocycles. The first-order valence-corrected chi connectivity index (χ1v) is 8.48. The van der Waals surface area contributed by atoms with E-state index >= 15 is 0 Å². The van der Waals surface area contributed by atoms with E-state index in [1.807, 2.05) is 6.07 Å². The van der Waals surface area contributed by atoms with Gasteiger partial charge in [0.15, 0.2) is 5.13 Å². The lowest BCUT2D eigenvalue weighted by Crippen LogP contribution is -2.12. The van der Waals surface area contributed by atoms with Gasteiger partial charge in [0.1, 0.15) is 0 Å². The van der Waals surface area contributed by atoms with Crippen LogP contribution in [0.3, 0.4) is 0 Å². The summed E-state index contributed by atoms with van der Waals surface area (Å²) in [5.74, 6) is 0.507. The van der Waals surface area contributed by atoms with E-state index in [1.54, 1.807) is 11.3 Å². The lowest BCUT2D eigenvalue weighted by Gasteiger charge is -2.15. The fourth-order valence-corrected chi connectivity index (χ4v) is 3.33. The van der Waals surface area contributed by atoms with Crippen LogP contribution in [-0.2, 0) is 6.54 Å². The Kier molecular flexibility index (Phi) is 5.76. The number of rotatable bonds is 7. The molecule has 0 saturated carbocycles. The second-order valence-corrected chi connectivity index (χ2v) is 6.35. The SMILES string of the molecule is CCNCc1sc(N(C)c2ccccc2)nc1C(C)CC. The summed E-state index contributed by atoms with van der Waals surface area (Å²) in [7, 11) is 2.09. The van der Waals surface area contributed by atoms with Gasteiger partial charge in [-0.15, -0.1) is 0 Å². The van der Waals surface area contributed by atoms with Gasteiger partial charge in [0.05, 0.1) is 5.69 Å². The highest BCUT2D eigenvalue weighted by Gasteiger charge is 2.18. The van der Waals surface area contributed by atoms with Crippen molar-refractivity contribution in [1.29, 1.82) is 0 Å². The number of benzene rings is 1. The molecule has 2 aromatic rings. The molecule has 4 heteroatoms. The van der Waals surface area contributed by atoms with Crippen LogP contribution in [0, 0.1) is 0 Å². The molecule has 0 saturated heterocycles. The average Bonchev–Trinajstić information content (AvgIpc) is 2.96. The lowest BCUT2D eigenvalue weighted by atomic mass is 10.0. The first-order valence-electron chi connectivity index (χ1n) is 7.66. The van der Waals surface area contributed by atoms with Crippen LogP contribution in [-0.4, -0.2) is 18.6 Å². The topological polar surface area (TPSA) is 28.2 Å². The van der Waals surface area contributed by atoms with Gasteiger partial charge in [-0.25, -0.2) is 4.98 Å². The molecule has 0 fully saturated rings. The molecule has 2 rings (SSSR count). The molecule has 1 aromatic carbocycles. The summed E-state index contributed by atoms with van der Waals surface area (Å²) in [6.45, 7) is 8.53. The van der Waals surface area contributed by atoms with E-state index in [0.29, 0.717) is 5.92 Å². The zero-order valence-electron chi connectivity index (χ0n) is 13.4. The molecular weight excluding hydrogens is 278 g/mol. The largest absolute Gasteiger partial charge is 0.321 e. The Morgan fingerprint density at radius 3 is 2.57 bits per heavy atom. The molecule has 21 heavy (non-hydrogen) atoms. The highest BCUT2D eigenvalue weighted by atomic mass is 32.1. The summed E-state index contributed by atoms with van der Waals surface area (Å²) >= 11 is 1.80. The van der Waals surface area contributed by atoms with Crippen LogP contribution in [0.4, 0.5) is 10.8 Å². The van der Waals surface area contributed by atoms with Crippen LogP contribution in [0.5, 0.6) is 0 Å². The highest BCUT2D eigenvalue weighted by molar-refractivity contribution is 7.15. The molecule has 0 aliphatic heterocycles. The summed E-state index contributed by atoms with van der Waals surface area (Å²) in [4.78, 5) is 8.45. The third-order valence-electron chi connectivity index (χ3n) is 3.76. The molecule has 0 aliphatic rings. The standard InChI is InChI=1S/C17H25N3S/c1-5-13(3)16-15(12-18-6-2)21-17(19-16)20(4)14-10-8-7-9-11-14/h7-11,13,18H,5-6,12H2,1-4H3. The van der Waals surface area contributed by atoms with E-state index in [2.05, 4.69) is 62.3 Å². The lowest BCUT2D eigenvalue weighted by molar-refractivity contribution is 0.678. The summed E-state index contributed by atoms with van der Waals surface area (Å²) in [6, 6.07) is 10.4. The maximum Gasteiger partial charge on any atom is 0.190 e. The average molecular weight is 303 g/mol. The molecular formula is C17H25N3S. The maximum absolute atomic E-state index is 4.91. The van der Waals surface area contributed by atoms with Crippen molar-refractivity contribution < 1.29 is 0 Å². The van der Waals surface area contributed by atoms with Crippen molar-refractivity contribution in [3.8, 4) is 0 Å². The third kappa shape index (κ3) is 3.83. The zero-order chi connectivity index (χ0) is 15.2. The number of thiazole rings is 1. The van der Waals surface area contributed by atoms with Gasteiger partial charge >= 0.3 is 0 Å². The number of nitrogens with zero attached hydrogens (tertiary/aromatic N) is 2. The minimum absolute atomic E-state index is 0.507. The van der Waals surface area contributed by atoms with Gasteiger partial charge in [-0.05, 0) is 31.0 Å². The molecule has 1 unspecified atom stereocenters. The number of para-hydroxylation sites is 1. The van der Waals surface area contributed by atoms with E-state index in [9.17, 15) is 0 Å². The number of hydrogen-bond acceptors (Lipinski definition) is 4. The van der Waals surface area contributed by atoms with Crippen LogP contribution in [0.15, 0.2) is 30.3 Å². The minimum atomic E-state index is 0.507. The Hall–Kier alpha value is -1.39. The summed E-state index contributed by atoms with van der Waals surface area (Å²) in [6.07, 6.45) is 1.12. The van der Waals surface area contributed by atoms with Gasteiger partial charge in [-0.3, -0.25) is 0 Å². The molecule has 1 atom stereocenters. The second kappa shape index (κ2) is 7.57. The number of aromatic nitrogens is 1. The Balaban J connectivity index is 2.29. The fraction of sp³-hybridized carbons (Fsp3) is 0.471. The van der Waals surface area contributed by atoms with Crippen LogP contribution in [0.2, 0.25) is 0 Å². The summed E-state index contributed by atoms with van der Waals surface area (Å²) < 4.78 is 0. The molecule has 3 nitrogen and oxygen atoms in total. The van der Waals surface area contributed by atoms with E-state index in [1.165, 1.54) is 16.3 Å². The fourth-order valence-electron chi connectivity index (χ4n) is 2.20. The van der Waals surface area contributed by atoms with Crippen molar-refractivity contribution in [2.45, 2.75) is 39.7 Å². The van der Waals surface area contributed by atoms with Crippen molar-refractivity contribution >= 4 is 22.2 Å². The predicted molar refractivity (Wildman–Crippen MR) is 92.7 cm³/mol. The number of nitrogens with one attached hydrogen (secondary N) is 1. The molecule has 0 amide bonds. The van der Waals surface area contributed by atoms with Crippen LogP contribution < -0.4 is 10.2 Å². The second-order valence-electron chi connectivity index (χ2n) is 5.29. The predicted octanol–water partition coefficient (Wildman–Crippen LogP) is 4.53. The van der Waals surface area contributed by atoms with E-state index in [-0.39, 0.29) is 0 Å². The monoisotopic (exact) mass is 303 g/mol. The van der Waals surface area contributed by atoms with E-state index in [0.717, 1.165) is 24.6 Å². The van der Waals surface area contributed by atoms with Crippen molar-refractivity contribution in [3.63, 3.8) is 0 Å². The van der Waals surface area contributed by atoms with Gasteiger partial charge < -0.3 is 10.2 Å². The zero-order valence-corrected chi connectivity index (χ0v) is 14.2. The maximum atomic E-state index is 4.91. The molecule has 0 spiro atoms. The highest BCUT2D eigenvalue weighted by Crippen LogP contribution is 2.34. The Bertz CT molecular complexity index is 550. The van der Waals surface area contributed by atoms with Crippen molar-refractivity contribution in [2.24, 2.45) is 0 Å². The van der Waals surface area contributed by atoms with Crippen molar-refractivity contribution in [3.05, 3.63) is 40.9 Å². The van der Waals surface area contributed by atoms with Gasteiger partial charge in [0.2, 0.25) is 0 Å².